The number of hydrogen-bond acceptors (Lipinski definition) is 2. The van der Waals surface area contributed by atoms with Crippen molar-refractivity contribution >= 4 is 27.5 Å². The monoisotopic (exact) mass is 357 g/mol. The van der Waals surface area contributed by atoms with Crippen LogP contribution in [-0.4, -0.2) is 6.54 Å². The highest BCUT2D eigenvalue weighted by atomic mass is 79.9. The number of ether oxygens (including phenoxy) is 1. The number of nitrogens with one attached hydrogen (secondary N) is 1. The Balaban J connectivity index is 2.14. The summed E-state index contributed by atoms with van der Waals surface area (Å²) in [4.78, 5) is 0. The number of hydrogen-bond donors (Lipinski definition) is 1. The van der Waals surface area contributed by atoms with Gasteiger partial charge in [-0.1, -0.05) is 24.6 Å². The van der Waals surface area contributed by atoms with Crippen LogP contribution in [0.3, 0.4) is 0 Å². The van der Waals surface area contributed by atoms with Gasteiger partial charge in [0.15, 0.2) is 0 Å². The summed E-state index contributed by atoms with van der Waals surface area (Å²) in [6.07, 6.45) is 0. The molecule has 2 rings (SSSR count). The molecule has 0 fully saturated rings. The summed E-state index contributed by atoms with van der Waals surface area (Å²) in [5, 5.41) is 3.76. The van der Waals surface area contributed by atoms with E-state index in [0.29, 0.717) is 21.0 Å². The average Bonchev–Trinajstić information content (AvgIpc) is 2.43. The van der Waals surface area contributed by atoms with Gasteiger partial charge in [-0.15, -0.1) is 0 Å². The lowest BCUT2D eigenvalue weighted by atomic mass is 10.2. The number of halogens is 3. The van der Waals surface area contributed by atoms with Crippen molar-refractivity contribution in [3.8, 4) is 11.5 Å². The summed E-state index contributed by atoms with van der Waals surface area (Å²) in [5.74, 6) is 0.745. The van der Waals surface area contributed by atoms with Gasteiger partial charge in [0.05, 0.1) is 9.50 Å². The molecule has 2 aromatic rings. The van der Waals surface area contributed by atoms with Gasteiger partial charge < -0.3 is 10.1 Å². The molecule has 0 atom stereocenters. The smallest absolute Gasteiger partial charge is 0.146 e. The average molecular weight is 359 g/mol. The minimum Gasteiger partial charge on any atom is -0.456 e. The second-order valence-electron chi connectivity index (χ2n) is 4.22. The minimum atomic E-state index is -0.329. The molecule has 0 amide bonds. The van der Waals surface area contributed by atoms with Crippen LogP contribution in [0.5, 0.6) is 11.5 Å². The van der Waals surface area contributed by atoms with E-state index in [0.717, 1.165) is 18.7 Å². The molecule has 1 N–H and O–H groups in total. The van der Waals surface area contributed by atoms with Gasteiger partial charge in [0.2, 0.25) is 0 Å². The van der Waals surface area contributed by atoms with Gasteiger partial charge >= 0.3 is 0 Å². The van der Waals surface area contributed by atoms with Gasteiger partial charge in [-0.3, -0.25) is 0 Å². The molecule has 106 valence electrons. The zero-order chi connectivity index (χ0) is 14.5. The lowest BCUT2D eigenvalue weighted by Crippen LogP contribution is -2.11. The normalized spacial score (nSPS) is 10.6. The first-order chi connectivity index (χ1) is 9.60. The number of benzene rings is 2. The summed E-state index contributed by atoms with van der Waals surface area (Å²) in [6.45, 7) is 3.71. The van der Waals surface area contributed by atoms with Gasteiger partial charge in [0.25, 0.3) is 0 Å². The van der Waals surface area contributed by atoms with E-state index in [-0.39, 0.29) is 5.82 Å². The number of rotatable bonds is 5. The van der Waals surface area contributed by atoms with Gasteiger partial charge in [-0.2, -0.15) is 0 Å². The molecule has 0 aromatic heterocycles. The van der Waals surface area contributed by atoms with E-state index in [1.807, 2.05) is 25.1 Å². The van der Waals surface area contributed by atoms with Gasteiger partial charge in [-0.05, 0) is 58.4 Å². The van der Waals surface area contributed by atoms with Crippen LogP contribution in [0.2, 0.25) is 5.02 Å². The Bertz CT molecular complexity index is 606. The Kier molecular flexibility index (Phi) is 5.40. The first kappa shape index (κ1) is 15.3. The maximum Gasteiger partial charge on any atom is 0.146 e. The molecular formula is C15H14BrClFNO. The maximum absolute atomic E-state index is 13.2. The van der Waals surface area contributed by atoms with E-state index >= 15 is 0 Å². The van der Waals surface area contributed by atoms with Crippen molar-refractivity contribution in [1.29, 1.82) is 0 Å². The molecule has 20 heavy (non-hydrogen) atoms. The van der Waals surface area contributed by atoms with Crippen LogP contribution in [0.25, 0.3) is 0 Å². The minimum absolute atomic E-state index is 0.329. The Hall–Kier alpha value is -1.10. The highest BCUT2D eigenvalue weighted by molar-refractivity contribution is 9.10. The first-order valence-corrected chi connectivity index (χ1v) is 7.39. The predicted octanol–water partition coefficient (Wildman–Crippen LogP) is 5.14. The van der Waals surface area contributed by atoms with E-state index in [2.05, 4.69) is 21.2 Å². The van der Waals surface area contributed by atoms with Gasteiger partial charge in [-0.25, -0.2) is 4.39 Å². The molecule has 0 saturated carbocycles. The van der Waals surface area contributed by atoms with Crippen molar-refractivity contribution in [1.82, 2.24) is 5.32 Å². The maximum atomic E-state index is 13.2. The lowest BCUT2D eigenvalue weighted by molar-refractivity contribution is 0.480. The molecule has 0 aliphatic heterocycles. The fourth-order valence-corrected chi connectivity index (χ4v) is 2.27. The van der Waals surface area contributed by atoms with Crippen LogP contribution >= 0.6 is 27.5 Å². The van der Waals surface area contributed by atoms with Crippen LogP contribution in [-0.2, 0) is 6.54 Å². The fraction of sp³-hybridized carbons (Fsp3) is 0.200. The summed E-state index contributed by atoms with van der Waals surface area (Å²) >= 11 is 9.31. The van der Waals surface area contributed by atoms with Crippen molar-refractivity contribution in [3.05, 3.63) is 57.3 Å². The highest BCUT2D eigenvalue weighted by Crippen LogP contribution is 2.31. The largest absolute Gasteiger partial charge is 0.456 e. The quantitative estimate of drug-likeness (QED) is 0.798. The first-order valence-electron chi connectivity index (χ1n) is 6.22. The Labute approximate surface area is 131 Å². The summed E-state index contributed by atoms with van der Waals surface area (Å²) in [7, 11) is 0. The fourth-order valence-electron chi connectivity index (χ4n) is 1.67. The third kappa shape index (κ3) is 3.95. The Morgan fingerprint density at radius 1 is 1.25 bits per heavy atom. The zero-order valence-electron chi connectivity index (χ0n) is 10.9. The van der Waals surface area contributed by atoms with Crippen molar-refractivity contribution in [2.45, 2.75) is 13.5 Å². The third-order valence-electron chi connectivity index (χ3n) is 2.69. The molecule has 0 bridgehead atoms. The molecule has 0 aliphatic rings. The van der Waals surface area contributed by atoms with Crippen LogP contribution in [0.15, 0.2) is 40.9 Å². The molecule has 0 heterocycles. The van der Waals surface area contributed by atoms with Crippen LogP contribution < -0.4 is 10.1 Å². The van der Waals surface area contributed by atoms with Crippen molar-refractivity contribution < 1.29 is 9.13 Å². The van der Waals surface area contributed by atoms with E-state index in [4.69, 9.17) is 16.3 Å². The SMILES string of the molecule is CCNCc1ccc(Oc2ccc(F)c(Br)c2)c(Cl)c1. The summed E-state index contributed by atoms with van der Waals surface area (Å²) < 4.78 is 19.2. The topological polar surface area (TPSA) is 21.3 Å². The van der Waals surface area contributed by atoms with Crippen LogP contribution in [0, 0.1) is 5.82 Å². The van der Waals surface area contributed by atoms with E-state index in [1.54, 1.807) is 12.1 Å². The van der Waals surface area contributed by atoms with Crippen molar-refractivity contribution in [2.24, 2.45) is 0 Å². The third-order valence-corrected chi connectivity index (χ3v) is 3.60. The molecule has 0 radical (unpaired) electrons. The predicted molar refractivity (Wildman–Crippen MR) is 83.0 cm³/mol. The summed E-state index contributed by atoms with van der Waals surface area (Å²) in [5.41, 5.74) is 1.09. The van der Waals surface area contributed by atoms with E-state index in [9.17, 15) is 4.39 Å². The second kappa shape index (κ2) is 7.07. The Morgan fingerprint density at radius 3 is 2.70 bits per heavy atom. The molecule has 0 aliphatic carbocycles. The highest BCUT2D eigenvalue weighted by Gasteiger charge is 2.06. The molecule has 0 unspecified atom stereocenters. The van der Waals surface area contributed by atoms with Crippen LogP contribution in [0.4, 0.5) is 4.39 Å². The van der Waals surface area contributed by atoms with Crippen molar-refractivity contribution in [2.75, 3.05) is 6.54 Å². The molecule has 0 saturated heterocycles. The second-order valence-corrected chi connectivity index (χ2v) is 5.48. The van der Waals surface area contributed by atoms with Gasteiger partial charge in [0.1, 0.15) is 17.3 Å². The van der Waals surface area contributed by atoms with Crippen molar-refractivity contribution in [3.63, 3.8) is 0 Å². The molecular weight excluding hydrogens is 345 g/mol. The molecule has 5 heteroatoms. The lowest BCUT2D eigenvalue weighted by Gasteiger charge is -2.10. The van der Waals surface area contributed by atoms with E-state index in [1.165, 1.54) is 6.07 Å². The Morgan fingerprint density at radius 2 is 2.05 bits per heavy atom. The standard InChI is InChI=1S/C15H14BrClFNO/c1-2-19-9-10-3-6-15(13(17)7-10)20-11-4-5-14(18)12(16)8-11/h3-8,19H,2,9H2,1H3. The molecule has 2 nitrogen and oxygen atoms in total. The van der Waals surface area contributed by atoms with E-state index < -0.39 is 0 Å². The van der Waals surface area contributed by atoms with Gasteiger partial charge in [0, 0.05) is 6.54 Å². The molecule has 0 spiro atoms. The molecule has 2 aromatic carbocycles. The zero-order valence-corrected chi connectivity index (χ0v) is 13.3. The van der Waals surface area contributed by atoms with Crippen LogP contribution in [0.1, 0.15) is 12.5 Å². The summed E-state index contributed by atoms with van der Waals surface area (Å²) in [6, 6.07) is 10.1.